The van der Waals surface area contributed by atoms with E-state index in [2.05, 4.69) is 4.90 Å². The highest BCUT2D eigenvalue weighted by Crippen LogP contribution is 2.37. The van der Waals surface area contributed by atoms with Crippen LogP contribution in [0, 0.1) is 0 Å². The van der Waals surface area contributed by atoms with E-state index in [1.807, 2.05) is 19.2 Å². The first-order valence-electron chi connectivity index (χ1n) is 4.71. The van der Waals surface area contributed by atoms with Gasteiger partial charge in [0.25, 0.3) is 0 Å². The smallest absolute Gasteiger partial charge is 0.122 e. The van der Waals surface area contributed by atoms with Crippen LogP contribution in [0.1, 0.15) is 12.0 Å². The van der Waals surface area contributed by atoms with Gasteiger partial charge in [-0.2, -0.15) is 0 Å². The van der Waals surface area contributed by atoms with Crippen LogP contribution in [0.2, 0.25) is 0 Å². The summed E-state index contributed by atoms with van der Waals surface area (Å²) in [4.78, 5) is 12.5. The molecule has 0 radical (unpaired) electrons. The number of carbonyl (C=O) groups is 1. The summed E-state index contributed by atoms with van der Waals surface area (Å²) in [5, 5.41) is 9.62. The lowest BCUT2D eigenvalue weighted by Crippen LogP contribution is -2.27. The van der Waals surface area contributed by atoms with Crippen LogP contribution in [-0.4, -0.2) is 24.5 Å². The number of phenols is 1. The first kappa shape index (κ1) is 9.06. The molecular weight excluding hydrogens is 178 g/mol. The van der Waals surface area contributed by atoms with E-state index in [-0.39, 0.29) is 6.04 Å². The lowest BCUT2D eigenvalue weighted by Gasteiger charge is -2.20. The number of hydrogen-bond acceptors (Lipinski definition) is 3. The van der Waals surface area contributed by atoms with Crippen LogP contribution in [0.25, 0.3) is 0 Å². The fourth-order valence-electron chi connectivity index (χ4n) is 2.02. The summed E-state index contributed by atoms with van der Waals surface area (Å²) in [5.74, 6) is 0.336. The maximum atomic E-state index is 10.5. The number of hydrogen-bond donors (Lipinski definition) is 1. The van der Waals surface area contributed by atoms with E-state index in [0.29, 0.717) is 12.2 Å². The predicted octanol–water partition coefficient (Wildman–Crippen LogP) is 1.34. The Morgan fingerprint density at radius 1 is 1.64 bits per heavy atom. The molecule has 0 amide bonds. The number of benzene rings is 1. The molecule has 2 rings (SSSR count). The van der Waals surface area contributed by atoms with Gasteiger partial charge >= 0.3 is 0 Å². The van der Waals surface area contributed by atoms with Gasteiger partial charge in [0.15, 0.2) is 0 Å². The zero-order valence-corrected chi connectivity index (χ0v) is 8.10. The van der Waals surface area contributed by atoms with Gasteiger partial charge in [-0.15, -0.1) is 0 Å². The van der Waals surface area contributed by atoms with E-state index >= 15 is 0 Å². The molecule has 1 aromatic carbocycles. The molecule has 0 aliphatic carbocycles. The van der Waals surface area contributed by atoms with Crippen molar-refractivity contribution in [2.75, 3.05) is 11.9 Å². The van der Waals surface area contributed by atoms with E-state index < -0.39 is 0 Å². The van der Waals surface area contributed by atoms with Crippen molar-refractivity contribution < 1.29 is 9.90 Å². The van der Waals surface area contributed by atoms with Crippen LogP contribution in [0.4, 0.5) is 5.69 Å². The van der Waals surface area contributed by atoms with Crippen molar-refractivity contribution in [3.8, 4) is 5.75 Å². The highest BCUT2D eigenvalue weighted by atomic mass is 16.3. The number of fused-ring (bicyclic) bond motifs is 1. The van der Waals surface area contributed by atoms with Gasteiger partial charge in [0.1, 0.15) is 12.0 Å². The number of anilines is 1. The van der Waals surface area contributed by atoms with Gasteiger partial charge in [0, 0.05) is 30.8 Å². The van der Waals surface area contributed by atoms with Crippen LogP contribution >= 0.6 is 0 Å². The summed E-state index contributed by atoms with van der Waals surface area (Å²) in [6, 6.07) is 5.69. The van der Waals surface area contributed by atoms with Crippen molar-refractivity contribution >= 4 is 12.0 Å². The van der Waals surface area contributed by atoms with Gasteiger partial charge in [-0.05, 0) is 18.6 Å². The third kappa shape index (κ3) is 1.25. The maximum absolute atomic E-state index is 10.5. The topological polar surface area (TPSA) is 40.5 Å². The van der Waals surface area contributed by atoms with Crippen LogP contribution in [-0.2, 0) is 11.2 Å². The number of aromatic hydroxyl groups is 1. The molecule has 1 aromatic rings. The molecule has 1 N–H and O–H groups in total. The number of aldehydes is 1. The van der Waals surface area contributed by atoms with Crippen LogP contribution in [0.15, 0.2) is 18.2 Å². The fourth-order valence-corrected chi connectivity index (χ4v) is 2.02. The Morgan fingerprint density at radius 3 is 3.07 bits per heavy atom. The molecule has 1 aliphatic rings. The molecule has 14 heavy (non-hydrogen) atoms. The van der Waals surface area contributed by atoms with Gasteiger partial charge < -0.3 is 14.8 Å². The molecule has 0 aromatic heterocycles. The Balaban J connectivity index is 2.35. The minimum atomic E-state index is 0.204. The van der Waals surface area contributed by atoms with Gasteiger partial charge in [-0.3, -0.25) is 0 Å². The van der Waals surface area contributed by atoms with Crippen molar-refractivity contribution in [1.82, 2.24) is 0 Å². The van der Waals surface area contributed by atoms with Crippen LogP contribution < -0.4 is 4.90 Å². The Kier molecular flexibility index (Phi) is 2.15. The first-order chi connectivity index (χ1) is 6.74. The van der Waals surface area contributed by atoms with Crippen molar-refractivity contribution in [2.24, 2.45) is 0 Å². The normalized spacial score (nSPS) is 19.5. The summed E-state index contributed by atoms with van der Waals surface area (Å²) < 4.78 is 0. The Hall–Kier alpha value is -1.51. The third-order valence-electron chi connectivity index (χ3n) is 2.86. The maximum Gasteiger partial charge on any atom is 0.122 e. The minimum Gasteiger partial charge on any atom is -0.508 e. The Morgan fingerprint density at radius 2 is 2.43 bits per heavy atom. The lowest BCUT2D eigenvalue weighted by molar-refractivity contribution is -0.108. The third-order valence-corrected chi connectivity index (χ3v) is 2.86. The SMILES string of the molecule is CN1c2cccc(O)c2CC1CC=O. The number of rotatable bonds is 2. The molecule has 1 aliphatic heterocycles. The molecule has 0 saturated heterocycles. The Labute approximate surface area is 83.0 Å². The van der Waals surface area contributed by atoms with E-state index in [1.54, 1.807) is 6.07 Å². The molecule has 0 saturated carbocycles. The van der Waals surface area contributed by atoms with E-state index in [0.717, 1.165) is 24.0 Å². The van der Waals surface area contributed by atoms with Crippen molar-refractivity contribution in [2.45, 2.75) is 18.9 Å². The van der Waals surface area contributed by atoms with Crippen molar-refractivity contribution in [3.05, 3.63) is 23.8 Å². The highest BCUT2D eigenvalue weighted by molar-refractivity contribution is 5.65. The molecule has 1 heterocycles. The molecule has 0 fully saturated rings. The number of phenolic OH excluding ortho intramolecular Hbond substituents is 1. The Bertz CT molecular complexity index is 362. The molecule has 3 heteroatoms. The summed E-state index contributed by atoms with van der Waals surface area (Å²) >= 11 is 0. The molecule has 0 spiro atoms. The van der Waals surface area contributed by atoms with E-state index in [1.165, 1.54) is 0 Å². The summed E-state index contributed by atoms with van der Waals surface area (Å²) in [6.45, 7) is 0. The quantitative estimate of drug-likeness (QED) is 0.717. The van der Waals surface area contributed by atoms with Crippen LogP contribution in [0.3, 0.4) is 0 Å². The number of nitrogens with zero attached hydrogens (tertiary/aromatic N) is 1. The van der Waals surface area contributed by atoms with Gasteiger partial charge in [-0.25, -0.2) is 0 Å². The summed E-state index contributed by atoms with van der Waals surface area (Å²) in [6.07, 6.45) is 2.21. The number of likely N-dealkylation sites (N-methyl/N-ethyl adjacent to an activating group) is 1. The largest absolute Gasteiger partial charge is 0.508 e. The van der Waals surface area contributed by atoms with Gasteiger partial charge in [0.05, 0.1) is 0 Å². The molecule has 74 valence electrons. The second-order valence-electron chi connectivity index (χ2n) is 3.65. The highest BCUT2D eigenvalue weighted by Gasteiger charge is 2.27. The van der Waals surface area contributed by atoms with Crippen LogP contribution in [0.5, 0.6) is 5.75 Å². The van der Waals surface area contributed by atoms with E-state index in [4.69, 9.17) is 0 Å². The molecule has 3 nitrogen and oxygen atoms in total. The second-order valence-corrected chi connectivity index (χ2v) is 3.65. The predicted molar refractivity (Wildman–Crippen MR) is 54.7 cm³/mol. The van der Waals surface area contributed by atoms with Gasteiger partial charge in [0.2, 0.25) is 0 Å². The zero-order valence-electron chi connectivity index (χ0n) is 8.10. The number of carbonyl (C=O) groups excluding carboxylic acids is 1. The molecule has 1 atom stereocenters. The minimum absolute atomic E-state index is 0.204. The van der Waals surface area contributed by atoms with E-state index in [9.17, 15) is 9.90 Å². The lowest BCUT2D eigenvalue weighted by atomic mass is 10.1. The van der Waals surface area contributed by atoms with Gasteiger partial charge in [-0.1, -0.05) is 6.07 Å². The second kappa shape index (κ2) is 3.33. The first-order valence-corrected chi connectivity index (χ1v) is 4.71. The average molecular weight is 191 g/mol. The molecule has 0 bridgehead atoms. The molecular formula is C11H13NO2. The average Bonchev–Trinajstić information content (AvgIpc) is 2.48. The zero-order chi connectivity index (χ0) is 10.1. The van der Waals surface area contributed by atoms with Crippen molar-refractivity contribution in [1.29, 1.82) is 0 Å². The molecule has 1 unspecified atom stereocenters. The standard InChI is InChI=1S/C11H13NO2/c1-12-8(5-6-13)7-9-10(12)3-2-4-11(9)14/h2-4,6,8,14H,5,7H2,1H3. The summed E-state index contributed by atoms with van der Waals surface area (Å²) in [7, 11) is 1.96. The van der Waals surface area contributed by atoms with Crippen molar-refractivity contribution in [3.63, 3.8) is 0 Å². The monoisotopic (exact) mass is 191 g/mol. The summed E-state index contributed by atoms with van der Waals surface area (Å²) in [5.41, 5.74) is 2.00. The fraction of sp³-hybridized carbons (Fsp3) is 0.364.